The van der Waals surface area contributed by atoms with Crippen molar-refractivity contribution in [2.45, 2.75) is 26.7 Å². The molecule has 0 saturated carbocycles. The van der Waals surface area contributed by atoms with Gasteiger partial charge in [0.2, 0.25) is 0 Å². The van der Waals surface area contributed by atoms with E-state index in [1.165, 1.54) is 10.6 Å². The van der Waals surface area contributed by atoms with Crippen molar-refractivity contribution in [1.29, 1.82) is 0 Å². The lowest BCUT2D eigenvalue weighted by Gasteiger charge is -2.17. The van der Waals surface area contributed by atoms with Gasteiger partial charge in [-0.1, -0.05) is 43.3 Å². The average Bonchev–Trinajstić information content (AvgIpc) is 2.79. The highest BCUT2D eigenvalue weighted by Gasteiger charge is 2.22. The Labute approximate surface area is 188 Å². The van der Waals surface area contributed by atoms with Crippen molar-refractivity contribution < 1.29 is 13.5 Å². The molecule has 0 aliphatic carbocycles. The first-order chi connectivity index (χ1) is 15.4. The van der Waals surface area contributed by atoms with Gasteiger partial charge in [-0.15, -0.1) is 0 Å². The van der Waals surface area contributed by atoms with Crippen molar-refractivity contribution in [1.82, 2.24) is 14.5 Å². The molecule has 4 rings (SSSR count). The van der Waals surface area contributed by atoms with E-state index in [4.69, 9.17) is 17.0 Å². The summed E-state index contributed by atoms with van der Waals surface area (Å²) >= 11 is 5.42. The van der Waals surface area contributed by atoms with Crippen LogP contribution in [0.1, 0.15) is 31.4 Å². The van der Waals surface area contributed by atoms with Gasteiger partial charge in [-0.05, 0) is 49.3 Å². The largest absolute Gasteiger partial charge is 0.492 e. The number of benzene rings is 2. The lowest BCUT2D eigenvalue weighted by atomic mass is 10.0. The van der Waals surface area contributed by atoms with Gasteiger partial charge in [0, 0.05) is 11.1 Å². The van der Waals surface area contributed by atoms with Crippen LogP contribution in [0.15, 0.2) is 59.4 Å². The molecule has 4 aromatic rings. The first kappa shape index (κ1) is 21.8. The molecule has 0 amide bonds. The number of aryl methyl sites for hydroxylation is 1. The summed E-state index contributed by atoms with van der Waals surface area (Å²) in [6.07, 6.45) is -2.02. The maximum absolute atomic E-state index is 14.1. The SMILES string of the molecule is CCOc1ccccc1-n1c(=S)[nH]c(=O)c2c(C(F)F)cc(-c3ccc(CC)cc3)nc21. The molecular formula is C24H21F2N3O2S. The Kier molecular flexibility index (Phi) is 6.14. The molecule has 0 spiro atoms. The Hall–Kier alpha value is -3.39. The summed E-state index contributed by atoms with van der Waals surface area (Å²) in [6.45, 7) is 4.27. The normalized spacial score (nSPS) is 11.3. The maximum atomic E-state index is 14.1. The lowest BCUT2D eigenvalue weighted by molar-refractivity contribution is 0.153. The fourth-order valence-corrected chi connectivity index (χ4v) is 3.91. The number of aromatic amines is 1. The molecule has 5 nitrogen and oxygen atoms in total. The molecular weight excluding hydrogens is 432 g/mol. The Balaban J connectivity index is 2.10. The van der Waals surface area contributed by atoms with Gasteiger partial charge in [0.1, 0.15) is 5.75 Å². The minimum atomic E-state index is -2.87. The number of ether oxygens (including phenoxy) is 1. The number of nitrogens with zero attached hydrogens (tertiary/aromatic N) is 2. The number of rotatable bonds is 6. The second-order valence-electron chi connectivity index (χ2n) is 7.14. The van der Waals surface area contributed by atoms with Gasteiger partial charge in [0.15, 0.2) is 10.4 Å². The Morgan fingerprint density at radius 3 is 2.50 bits per heavy atom. The molecule has 2 aromatic carbocycles. The molecule has 32 heavy (non-hydrogen) atoms. The molecule has 1 N–H and O–H groups in total. The van der Waals surface area contributed by atoms with Crippen LogP contribution in [0.5, 0.6) is 5.75 Å². The molecule has 0 bridgehead atoms. The van der Waals surface area contributed by atoms with Gasteiger partial charge in [0.05, 0.1) is 23.4 Å². The van der Waals surface area contributed by atoms with Crippen LogP contribution in [0.2, 0.25) is 0 Å². The zero-order chi connectivity index (χ0) is 22.8. The number of para-hydroxylation sites is 2. The summed E-state index contributed by atoms with van der Waals surface area (Å²) in [7, 11) is 0. The van der Waals surface area contributed by atoms with E-state index in [1.807, 2.05) is 38.1 Å². The molecule has 0 saturated heterocycles. The summed E-state index contributed by atoms with van der Waals surface area (Å²) in [6, 6.07) is 15.9. The van der Waals surface area contributed by atoms with Gasteiger partial charge >= 0.3 is 0 Å². The van der Waals surface area contributed by atoms with Gasteiger partial charge in [0.25, 0.3) is 12.0 Å². The molecule has 0 unspecified atom stereocenters. The van der Waals surface area contributed by atoms with Crippen LogP contribution in [0.3, 0.4) is 0 Å². The number of H-pyrrole nitrogens is 1. The summed E-state index contributed by atoms with van der Waals surface area (Å²) < 4.78 is 35.4. The van der Waals surface area contributed by atoms with Crippen molar-refractivity contribution >= 4 is 23.3 Å². The molecule has 0 aliphatic rings. The van der Waals surface area contributed by atoms with E-state index in [-0.39, 0.29) is 15.8 Å². The second kappa shape index (κ2) is 9.00. The van der Waals surface area contributed by atoms with Gasteiger partial charge < -0.3 is 4.74 Å². The quantitative estimate of drug-likeness (QED) is 0.363. The fraction of sp³-hybridized carbons (Fsp3) is 0.208. The van der Waals surface area contributed by atoms with E-state index in [0.717, 1.165) is 12.0 Å². The highest BCUT2D eigenvalue weighted by molar-refractivity contribution is 7.71. The topological polar surface area (TPSA) is 59.9 Å². The molecule has 0 fully saturated rings. The Morgan fingerprint density at radius 2 is 1.84 bits per heavy atom. The summed E-state index contributed by atoms with van der Waals surface area (Å²) in [5, 5.41) is -0.200. The van der Waals surface area contributed by atoms with Crippen molar-refractivity contribution in [3.8, 4) is 22.7 Å². The number of nitrogens with one attached hydrogen (secondary N) is 1. The van der Waals surface area contributed by atoms with Crippen molar-refractivity contribution in [3.05, 3.63) is 80.8 Å². The van der Waals surface area contributed by atoms with Gasteiger partial charge in [-0.2, -0.15) is 0 Å². The molecule has 2 aromatic heterocycles. The maximum Gasteiger partial charge on any atom is 0.264 e. The zero-order valence-electron chi connectivity index (χ0n) is 17.6. The van der Waals surface area contributed by atoms with E-state index in [9.17, 15) is 13.6 Å². The van der Waals surface area contributed by atoms with Gasteiger partial charge in [-0.3, -0.25) is 14.3 Å². The predicted octanol–water partition coefficient (Wildman–Crippen LogP) is 6.01. The number of halogens is 2. The highest BCUT2D eigenvalue weighted by Crippen LogP contribution is 2.32. The number of fused-ring (bicyclic) bond motifs is 1. The summed E-state index contributed by atoms with van der Waals surface area (Å²) in [5.41, 5.74) is 1.58. The third kappa shape index (κ3) is 3.93. The second-order valence-corrected chi connectivity index (χ2v) is 7.53. The molecule has 0 radical (unpaired) electrons. The van der Waals surface area contributed by atoms with Crippen LogP contribution >= 0.6 is 12.2 Å². The molecule has 0 aliphatic heterocycles. The summed E-state index contributed by atoms with van der Waals surface area (Å²) in [5.74, 6) is 0.498. The van der Waals surface area contributed by atoms with Crippen molar-refractivity contribution in [2.24, 2.45) is 0 Å². The number of hydrogen-bond donors (Lipinski definition) is 1. The zero-order valence-corrected chi connectivity index (χ0v) is 18.4. The first-order valence-electron chi connectivity index (χ1n) is 10.2. The third-order valence-corrected chi connectivity index (χ3v) is 5.48. The molecule has 164 valence electrons. The van der Waals surface area contributed by atoms with Crippen LogP contribution in [0.4, 0.5) is 8.78 Å². The number of aromatic nitrogens is 3. The van der Waals surface area contributed by atoms with Gasteiger partial charge in [-0.25, -0.2) is 13.8 Å². The lowest BCUT2D eigenvalue weighted by Crippen LogP contribution is -2.17. The molecule has 2 heterocycles. The number of hydrogen-bond acceptors (Lipinski definition) is 4. The predicted molar refractivity (Wildman–Crippen MR) is 123 cm³/mol. The first-order valence-corrected chi connectivity index (χ1v) is 10.6. The van der Waals surface area contributed by atoms with E-state index >= 15 is 0 Å². The van der Waals surface area contributed by atoms with Crippen molar-refractivity contribution in [3.63, 3.8) is 0 Å². The van der Waals surface area contributed by atoms with E-state index in [1.54, 1.807) is 24.3 Å². The standard InChI is InChI=1S/C24H21F2N3O2S/c1-3-14-9-11-15(12-10-14)17-13-16(21(25)26)20-22(27-17)29(24(32)28-23(20)30)18-7-5-6-8-19(18)31-4-2/h5-13,21H,3-4H2,1-2H3,(H,28,30,32). The van der Waals surface area contributed by atoms with E-state index < -0.39 is 17.5 Å². The Bertz CT molecular complexity index is 1400. The van der Waals surface area contributed by atoms with Crippen LogP contribution in [0.25, 0.3) is 28.0 Å². The van der Waals surface area contributed by atoms with E-state index in [0.29, 0.717) is 29.3 Å². The Morgan fingerprint density at radius 1 is 1.12 bits per heavy atom. The number of alkyl halides is 2. The summed E-state index contributed by atoms with van der Waals surface area (Å²) in [4.78, 5) is 19.9. The number of pyridine rings is 1. The minimum absolute atomic E-state index is 0.0425. The highest BCUT2D eigenvalue weighted by atomic mass is 32.1. The smallest absolute Gasteiger partial charge is 0.264 e. The van der Waals surface area contributed by atoms with Crippen LogP contribution in [-0.4, -0.2) is 21.1 Å². The third-order valence-electron chi connectivity index (χ3n) is 5.19. The van der Waals surface area contributed by atoms with Crippen molar-refractivity contribution in [2.75, 3.05) is 6.61 Å². The monoisotopic (exact) mass is 453 g/mol. The van der Waals surface area contributed by atoms with E-state index in [2.05, 4.69) is 9.97 Å². The van der Waals surface area contributed by atoms with Crippen LogP contribution in [-0.2, 0) is 6.42 Å². The van der Waals surface area contributed by atoms with Crippen LogP contribution in [0, 0.1) is 4.77 Å². The fourth-order valence-electron chi connectivity index (χ4n) is 3.63. The minimum Gasteiger partial charge on any atom is -0.492 e. The molecule has 0 atom stereocenters. The average molecular weight is 454 g/mol. The molecule has 8 heteroatoms. The van der Waals surface area contributed by atoms with Crippen LogP contribution < -0.4 is 10.3 Å².